The van der Waals surface area contributed by atoms with Crippen LogP contribution in [0, 0.1) is 5.92 Å². The highest BCUT2D eigenvalue weighted by Gasteiger charge is 2.35. The van der Waals surface area contributed by atoms with Gasteiger partial charge < -0.3 is 5.32 Å². The van der Waals surface area contributed by atoms with Crippen molar-refractivity contribution in [3.05, 3.63) is 22.4 Å². The molecule has 1 aliphatic carbocycles. The second-order valence-corrected chi connectivity index (χ2v) is 7.35. The summed E-state index contributed by atoms with van der Waals surface area (Å²) in [5, 5.41) is 7.76. The van der Waals surface area contributed by atoms with Crippen molar-refractivity contribution in [1.29, 1.82) is 0 Å². The van der Waals surface area contributed by atoms with Crippen LogP contribution >= 0.6 is 23.1 Å². The van der Waals surface area contributed by atoms with Gasteiger partial charge in [-0.1, -0.05) is 31.2 Å². The molecule has 0 amide bonds. The summed E-state index contributed by atoms with van der Waals surface area (Å²) in [4.78, 5) is 6.12. The molecule has 98 valence electrons. The molecule has 18 heavy (non-hydrogen) atoms. The van der Waals surface area contributed by atoms with E-state index in [0.29, 0.717) is 6.04 Å². The van der Waals surface area contributed by atoms with Gasteiger partial charge in [-0.25, -0.2) is 0 Å². The van der Waals surface area contributed by atoms with E-state index >= 15 is 0 Å². The van der Waals surface area contributed by atoms with Gasteiger partial charge in [-0.3, -0.25) is 4.99 Å². The quantitative estimate of drug-likeness (QED) is 0.879. The summed E-state index contributed by atoms with van der Waals surface area (Å²) in [6.45, 7) is 3.28. The Morgan fingerprint density at radius 1 is 1.50 bits per heavy atom. The molecule has 1 fully saturated rings. The number of aliphatic imine (C=N–C) groups is 1. The van der Waals surface area contributed by atoms with E-state index < -0.39 is 0 Å². The molecule has 0 saturated heterocycles. The van der Waals surface area contributed by atoms with E-state index in [4.69, 9.17) is 0 Å². The molecule has 1 saturated carbocycles. The predicted molar refractivity (Wildman–Crippen MR) is 81.5 cm³/mol. The molecule has 0 radical (unpaired) electrons. The number of amidine groups is 1. The van der Waals surface area contributed by atoms with Crippen LogP contribution in [0.5, 0.6) is 0 Å². The fourth-order valence-electron chi connectivity index (χ4n) is 2.40. The van der Waals surface area contributed by atoms with Crippen molar-refractivity contribution in [2.24, 2.45) is 10.9 Å². The number of hydrogen-bond donors (Lipinski definition) is 1. The first-order chi connectivity index (χ1) is 8.86. The van der Waals surface area contributed by atoms with Crippen LogP contribution in [-0.2, 0) is 0 Å². The summed E-state index contributed by atoms with van der Waals surface area (Å²) in [5.41, 5.74) is 0. The SMILES string of the molecule is CCCC(NC1=NCC(C2CC2)S1)c1cccs1. The van der Waals surface area contributed by atoms with E-state index in [-0.39, 0.29) is 0 Å². The molecule has 3 rings (SSSR count). The fourth-order valence-corrected chi connectivity index (χ4v) is 4.47. The number of nitrogens with zero attached hydrogens (tertiary/aromatic N) is 1. The Hall–Kier alpha value is -0.480. The molecule has 1 aromatic heterocycles. The molecular formula is C14H20N2S2. The summed E-state index contributed by atoms with van der Waals surface area (Å²) in [5.74, 6) is 0.949. The van der Waals surface area contributed by atoms with Crippen LogP contribution < -0.4 is 5.32 Å². The first kappa shape index (κ1) is 12.5. The van der Waals surface area contributed by atoms with Crippen LogP contribution in [0.15, 0.2) is 22.5 Å². The average Bonchev–Trinajstić information content (AvgIpc) is 2.92. The van der Waals surface area contributed by atoms with Gasteiger partial charge in [0.1, 0.15) is 0 Å². The van der Waals surface area contributed by atoms with Crippen LogP contribution in [0.25, 0.3) is 0 Å². The molecule has 1 N–H and O–H groups in total. The van der Waals surface area contributed by atoms with Crippen molar-refractivity contribution in [3.63, 3.8) is 0 Å². The van der Waals surface area contributed by atoms with E-state index in [0.717, 1.165) is 17.7 Å². The van der Waals surface area contributed by atoms with Crippen molar-refractivity contribution in [3.8, 4) is 0 Å². The minimum Gasteiger partial charge on any atom is -0.357 e. The first-order valence-corrected chi connectivity index (χ1v) is 8.63. The fraction of sp³-hybridized carbons (Fsp3) is 0.643. The van der Waals surface area contributed by atoms with Gasteiger partial charge in [0.25, 0.3) is 0 Å². The van der Waals surface area contributed by atoms with E-state index in [1.54, 1.807) is 0 Å². The van der Waals surface area contributed by atoms with E-state index in [2.05, 4.69) is 34.7 Å². The molecule has 0 spiro atoms. The lowest BCUT2D eigenvalue weighted by Gasteiger charge is -2.18. The predicted octanol–water partition coefficient (Wildman–Crippen LogP) is 4.06. The zero-order valence-electron chi connectivity index (χ0n) is 10.8. The van der Waals surface area contributed by atoms with Gasteiger partial charge in [-0.2, -0.15) is 0 Å². The third-order valence-corrected chi connectivity index (χ3v) is 5.88. The summed E-state index contributed by atoms with van der Waals surface area (Å²) >= 11 is 3.82. The second kappa shape index (κ2) is 5.66. The first-order valence-electron chi connectivity index (χ1n) is 6.88. The van der Waals surface area contributed by atoms with Gasteiger partial charge >= 0.3 is 0 Å². The number of rotatable bonds is 5. The normalized spacial score (nSPS) is 24.9. The molecule has 2 atom stereocenters. The number of hydrogen-bond acceptors (Lipinski definition) is 4. The van der Waals surface area contributed by atoms with Crippen molar-refractivity contribution < 1.29 is 0 Å². The smallest absolute Gasteiger partial charge is 0.157 e. The summed E-state index contributed by atoms with van der Waals surface area (Å²) in [7, 11) is 0. The van der Waals surface area contributed by atoms with Crippen molar-refractivity contribution in [2.45, 2.75) is 43.9 Å². The van der Waals surface area contributed by atoms with Gasteiger partial charge in [0.2, 0.25) is 0 Å². The van der Waals surface area contributed by atoms with Gasteiger partial charge in [-0.15, -0.1) is 11.3 Å². The molecule has 0 aromatic carbocycles. The molecule has 2 unspecified atom stereocenters. The highest BCUT2D eigenvalue weighted by molar-refractivity contribution is 8.14. The molecule has 1 aromatic rings. The van der Waals surface area contributed by atoms with Crippen LogP contribution in [0.3, 0.4) is 0 Å². The van der Waals surface area contributed by atoms with Crippen LogP contribution in [0.1, 0.15) is 43.5 Å². The zero-order chi connectivity index (χ0) is 12.4. The lowest BCUT2D eigenvalue weighted by molar-refractivity contribution is 0.593. The Morgan fingerprint density at radius 3 is 3.06 bits per heavy atom. The Labute approximate surface area is 117 Å². The second-order valence-electron chi connectivity index (χ2n) is 5.14. The van der Waals surface area contributed by atoms with Crippen LogP contribution in [0.2, 0.25) is 0 Å². The third kappa shape index (κ3) is 2.91. The van der Waals surface area contributed by atoms with Gasteiger partial charge in [-0.05, 0) is 36.6 Å². The Kier molecular flexibility index (Phi) is 3.94. The maximum atomic E-state index is 4.68. The summed E-state index contributed by atoms with van der Waals surface area (Å²) in [6.07, 6.45) is 5.24. The minimum atomic E-state index is 0.458. The monoisotopic (exact) mass is 280 g/mol. The number of thiophene rings is 1. The van der Waals surface area contributed by atoms with Crippen molar-refractivity contribution >= 4 is 28.3 Å². The molecular weight excluding hydrogens is 260 g/mol. The largest absolute Gasteiger partial charge is 0.357 e. The van der Waals surface area contributed by atoms with Crippen LogP contribution in [0.4, 0.5) is 0 Å². The van der Waals surface area contributed by atoms with E-state index in [9.17, 15) is 0 Å². The molecule has 2 aliphatic rings. The number of thioether (sulfide) groups is 1. The topological polar surface area (TPSA) is 24.4 Å². The summed E-state index contributed by atoms with van der Waals surface area (Å²) < 4.78 is 0. The van der Waals surface area contributed by atoms with Gasteiger partial charge in [0, 0.05) is 10.1 Å². The highest BCUT2D eigenvalue weighted by atomic mass is 32.2. The minimum absolute atomic E-state index is 0.458. The standard InChI is InChI=1S/C14H20N2S2/c1-2-4-11(12-5-3-8-17-12)16-14-15-9-13(18-14)10-6-7-10/h3,5,8,10-11,13H,2,4,6-7,9H2,1H3,(H,15,16). The summed E-state index contributed by atoms with van der Waals surface area (Å²) in [6, 6.07) is 4.83. The van der Waals surface area contributed by atoms with Gasteiger partial charge in [0.15, 0.2) is 5.17 Å². The van der Waals surface area contributed by atoms with Crippen LogP contribution in [-0.4, -0.2) is 17.0 Å². The third-order valence-electron chi connectivity index (χ3n) is 3.59. The molecule has 2 nitrogen and oxygen atoms in total. The molecule has 2 heterocycles. The van der Waals surface area contributed by atoms with Crippen molar-refractivity contribution in [1.82, 2.24) is 5.32 Å². The van der Waals surface area contributed by atoms with E-state index in [1.807, 2.05) is 23.1 Å². The molecule has 0 bridgehead atoms. The van der Waals surface area contributed by atoms with E-state index in [1.165, 1.54) is 35.7 Å². The molecule has 1 aliphatic heterocycles. The Morgan fingerprint density at radius 2 is 2.39 bits per heavy atom. The maximum Gasteiger partial charge on any atom is 0.157 e. The Balaban J connectivity index is 1.59. The number of nitrogens with one attached hydrogen (secondary N) is 1. The zero-order valence-corrected chi connectivity index (χ0v) is 12.4. The highest BCUT2D eigenvalue weighted by Crippen LogP contribution is 2.42. The maximum absolute atomic E-state index is 4.68. The lowest BCUT2D eigenvalue weighted by Crippen LogP contribution is -2.25. The Bertz CT molecular complexity index is 409. The average molecular weight is 280 g/mol. The van der Waals surface area contributed by atoms with Gasteiger partial charge in [0.05, 0.1) is 12.6 Å². The lowest BCUT2D eigenvalue weighted by atomic mass is 10.1. The molecule has 4 heteroatoms. The van der Waals surface area contributed by atoms with Crippen molar-refractivity contribution in [2.75, 3.05) is 6.54 Å².